The standard InChI is InChI=1S/C20H23NO3/c1-19(2)13-21(14-20(19,3)23)18(22)16-11-7-8-12-17(16)24-15-9-5-4-6-10-15/h4-12,23H,13-14H2,1-3H3/t20-/m0/s1. The lowest BCUT2D eigenvalue weighted by Crippen LogP contribution is -2.40. The second-order valence-electron chi connectivity index (χ2n) is 7.23. The Balaban J connectivity index is 1.87. The Morgan fingerprint density at radius 3 is 2.25 bits per heavy atom. The molecule has 0 radical (unpaired) electrons. The molecule has 4 nitrogen and oxygen atoms in total. The molecule has 1 saturated heterocycles. The normalized spacial score (nSPS) is 22.4. The van der Waals surface area contributed by atoms with Crippen molar-refractivity contribution in [3.8, 4) is 11.5 Å². The smallest absolute Gasteiger partial charge is 0.257 e. The Labute approximate surface area is 142 Å². The number of likely N-dealkylation sites (tertiary alicyclic amines) is 1. The molecule has 0 bridgehead atoms. The van der Waals surface area contributed by atoms with Gasteiger partial charge < -0.3 is 14.7 Å². The lowest BCUT2D eigenvalue weighted by Gasteiger charge is -2.30. The number of hydrogen-bond donors (Lipinski definition) is 1. The maximum Gasteiger partial charge on any atom is 0.257 e. The van der Waals surface area contributed by atoms with Crippen LogP contribution in [0.15, 0.2) is 54.6 Å². The summed E-state index contributed by atoms with van der Waals surface area (Å²) in [5.74, 6) is 1.09. The molecule has 0 aromatic heterocycles. The van der Waals surface area contributed by atoms with E-state index in [-0.39, 0.29) is 11.3 Å². The van der Waals surface area contributed by atoms with Crippen LogP contribution in [0.25, 0.3) is 0 Å². The predicted molar refractivity (Wildman–Crippen MR) is 93.3 cm³/mol. The van der Waals surface area contributed by atoms with Gasteiger partial charge in [0.1, 0.15) is 11.5 Å². The van der Waals surface area contributed by atoms with E-state index in [0.29, 0.717) is 30.2 Å². The molecule has 0 spiro atoms. The van der Waals surface area contributed by atoms with E-state index in [1.165, 1.54) is 0 Å². The number of ether oxygens (including phenoxy) is 1. The molecule has 3 rings (SSSR count). The molecule has 0 aliphatic carbocycles. The molecule has 0 unspecified atom stereocenters. The van der Waals surface area contributed by atoms with Gasteiger partial charge in [0.05, 0.1) is 17.7 Å². The van der Waals surface area contributed by atoms with Crippen molar-refractivity contribution in [2.45, 2.75) is 26.4 Å². The molecule has 2 aromatic carbocycles. The maximum atomic E-state index is 13.0. The molecule has 126 valence electrons. The molecule has 4 heteroatoms. The molecule has 1 N–H and O–H groups in total. The molecule has 1 heterocycles. The number of amides is 1. The van der Waals surface area contributed by atoms with Gasteiger partial charge in [-0.05, 0) is 31.2 Å². The first kappa shape index (κ1) is 16.5. The highest BCUT2D eigenvalue weighted by Gasteiger charge is 2.49. The van der Waals surface area contributed by atoms with Gasteiger partial charge in [0.15, 0.2) is 0 Å². The zero-order valence-corrected chi connectivity index (χ0v) is 14.3. The second kappa shape index (κ2) is 5.95. The first-order valence-corrected chi connectivity index (χ1v) is 8.14. The summed E-state index contributed by atoms with van der Waals surface area (Å²) in [7, 11) is 0. The third-order valence-corrected chi connectivity index (χ3v) is 4.92. The van der Waals surface area contributed by atoms with Gasteiger partial charge in [-0.2, -0.15) is 0 Å². The number of carbonyl (C=O) groups excluding carboxylic acids is 1. The number of aliphatic hydroxyl groups is 1. The van der Waals surface area contributed by atoms with E-state index in [0.717, 1.165) is 0 Å². The number of para-hydroxylation sites is 2. The van der Waals surface area contributed by atoms with E-state index >= 15 is 0 Å². The summed E-state index contributed by atoms with van der Waals surface area (Å²) < 4.78 is 5.88. The minimum absolute atomic E-state index is 0.118. The molecule has 24 heavy (non-hydrogen) atoms. The van der Waals surface area contributed by atoms with E-state index in [1.807, 2.05) is 56.3 Å². The topological polar surface area (TPSA) is 49.8 Å². The zero-order chi connectivity index (χ0) is 17.4. The van der Waals surface area contributed by atoms with E-state index in [9.17, 15) is 9.90 Å². The highest BCUT2D eigenvalue weighted by atomic mass is 16.5. The van der Waals surface area contributed by atoms with Crippen molar-refractivity contribution in [1.82, 2.24) is 4.90 Å². The van der Waals surface area contributed by atoms with Gasteiger partial charge in [0.2, 0.25) is 0 Å². The van der Waals surface area contributed by atoms with E-state index in [2.05, 4.69) is 0 Å². The molecular weight excluding hydrogens is 302 g/mol. The highest BCUT2D eigenvalue weighted by molar-refractivity contribution is 5.97. The van der Waals surface area contributed by atoms with Crippen molar-refractivity contribution in [2.24, 2.45) is 5.41 Å². The summed E-state index contributed by atoms with van der Waals surface area (Å²) in [6.45, 7) is 6.57. The Morgan fingerprint density at radius 2 is 1.62 bits per heavy atom. The molecule has 2 aromatic rings. The van der Waals surface area contributed by atoms with Crippen LogP contribution in [0, 0.1) is 5.41 Å². The van der Waals surface area contributed by atoms with Crippen molar-refractivity contribution in [1.29, 1.82) is 0 Å². The van der Waals surface area contributed by atoms with Gasteiger partial charge in [0.25, 0.3) is 5.91 Å². The van der Waals surface area contributed by atoms with Gasteiger partial charge >= 0.3 is 0 Å². The fraction of sp³-hybridized carbons (Fsp3) is 0.350. The van der Waals surface area contributed by atoms with E-state index < -0.39 is 5.60 Å². The van der Waals surface area contributed by atoms with Crippen molar-refractivity contribution in [2.75, 3.05) is 13.1 Å². The van der Waals surface area contributed by atoms with Gasteiger partial charge in [-0.3, -0.25) is 4.79 Å². The Morgan fingerprint density at radius 1 is 1.00 bits per heavy atom. The third-order valence-electron chi connectivity index (χ3n) is 4.92. The molecule has 1 aliphatic rings. The fourth-order valence-electron chi connectivity index (χ4n) is 2.95. The molecule has 1 aliphatic heterocycles. The Hall–Kier alpha value is -2.33. The number of carbonyl (C=O) groups is 1. The largest absolute Gasteiger partial charge is 0.457 e. The lowest BCUT2D eigenvalue weighted by atomic mass is 9.79. The average molecular weight is 325 g/mol. The Kier molecular flexibility index (Phi) is 4.10. The van der Waals surface area contributed by atoms with E-state index in [1.54, 1.807) is 24.0 Å². The Bertz CT molecular complexity index is 722. The molecule has 0 saturated carbocycles. The molecule has 1 amide bonds. The number of hydrogen-bond acceptors (Lipinski definition) is 3. The van der Waals surface area contributed by atoms with Gasteiger partial charge in [0, 0.05) is 12.0 Å². The molecule has 1 fully saturated rings. The average Bonchev–Trinajstić information content (AvgIpc) is 2.76. The third kappa shape index (κ3) is 3.02. The zero-order valence-electron chi connectivity index (χ0n) is 14.3. The first-order valence-electron chi connectivity index (χ1n) is 8.14. The van der Waals surface area contributed by atoms with Crippen LogP contribution in [-0.4, -0.2) is 34.6 Å². The summed E-state index contributed by atoms with van der Waals surface area (Å²) in [6.07, 6.45) is 0. The van der Waals surface area contributed by atoms with Crippen LogP contribution in [0.1, 0.15) is 31.1 Å². The number of benzene rings is 2. The predicted octanol–water partition coefficient (Wildman–Crippen LogP) is 3.71. The quantitative estimate of drug-likeness (QED) is 0.936. The van der Waals surface area contributed by atoms with Gasteiger partial charge in [-0.15, -0.1) is 0 Å². The monoisotopic (exact) mass is 325 g/mol. The first-order chi connectivity index (χ1) is 11.3. The summed E-state index contributed by atoms with van der Waals surface area (Å²) in [5, 5.41) is 10.6. The van der Waals surface area contributed by atoms with Crippen LogP contribution in [0.5, 0.6) is 11.5 Å². The fourth-order valence-corrected chi connectivity index (χ4v) is 2.95. The van der Waals surface area contributed by atoms with E-state index in [4.69, 9.17) is 4.74 Å². The molecule has 1 atom stereocenters. The number of nitrogens with zero attached hydrogens (tertiary/aromatic N) is 1. The highest BCUT2D eigenvalue weighted by Crippen LogP contribution is 2.39. The van der Waals surface area contributed by atoms with Crippen LogP contribution in [0.3, 0.4) is 0 Å². The van der Waals surface area contributed by atoms with Gasteiger partial charge in [-0.1, -0.05) is 44.2 Å². The van der Waals surface area contributed by atoms with Crippen LogP contribution in [0.4, 0.5) is 0 Å². The molecular formula is C20H23NO3. The van der Waals surface area contributed by atoms with Crippen molar-refractivity contribution in [3.63, 3.8) is 0 Å². The second-order valence-corrected chi connectivity index (χ2v) is 7.23. The summed E-state index contributed by atoms with van der Waals surface area (Å²) in [6, 6.07) is 16.6. The van der Waals surface area contributed by atoms with Crippen LogP contribution in [0.2, 0.25) is 0 Å². The number of β-amino-alcohol motifs (C(OH)–C–C–N with tert-alkyl or cyclic N) is 1. The summed E-state index contributed by atoms with van der Waals surface area (Å²) in [5.41, 5.74) is -0.745. The maximum absolute atomic E-state index is 13.0. The van der Waals surface area contributed by atoms with Crippen LogP contribution < -0.4 is 4.74 Å². The number of rotatable bonds is 3. The van der Waals surface area contributed by atoms with Crippen LogP contribution >= 0.6 is 0 Å². The van der Waals surface area contributed by atoms with Gasteiger partial charge in [-0.25, -0.2) is 0 Å². The lowest BCUT2D eigenvalue weighted by molar-refractivity contribution is -0.0108. The minimum atomic E-state index is -0.905. The SMILES string of the molecule is CC1(C)CN(C(=O)c2ccccc2Oc2ccccc2)C[C@]1(C)O. The van der Waals surface area contributed by atoms with Crippen LogP contribution in [-0.2, 0) is 0 Å². The van der Waals surface area contributed by atoms with Crippen molar-refractivity contribution in [3.05, 3.63) is 60.2 Å². The minimum Gasteiger partial charge on any atom is -0.457 e. The summed E-state index contributed by atoms with van der Waals surface area (Å²) >= 11 is 0. The van der Waals surface area contributed by atoms with Crippen molar-refractivity contribution < 1.29 is 14.6 Å². The summed E-state index contributed by atoms with van der Waals surface area (Å²) in [4.78, 5) is 14.7. The van der Waals surface area contributed by atoms with Crippen molar-refractivity contribution >= 4 is 5.91 Å².